The average Bonchev–Trinajstić information content (AvgIpc) is 3.34. The van der Waals surface area contributed by atoms with Crippen LogP contribution >= 0.6 is 0 Å². The van der Waals surface area contributed by atoms with E-state index in [1.54, 1.807) is 36.7 Å². The number of aromatic nitrogens is 1. The summed E-state index contributed by atoms with van der Waals surface area (Å²) in [6, 6.07) is 7.30. The minimum Gasteiger partial charge on any atom is -0.501 e. The molecule has 4 rings (SSSR count). The SMILES string of the molecule is COC1=CC(c2cccc(F)c2F)=C/C(=C(/N=C(\N)c2cccnc2)NC2CCCC2C(N)=O)C1. The summed E-state index contributed by atoms with van der Waals surface area (Å²) in [5.74, 6) is -1.49. The van der Waals surface area contributed by atoms with Gasteiger partial charge < -0.3 is 21.5 Å². The van der Waals surface area contributed by atoms with Crippen LogP contribution in [0.5, 0.6) is 0 Å². The molecule has 0 spiro atoms. The fraction of sp³-hybridized carbons (Fsp3) is 0.269. The lowest BCUT2D eigenvalue weighted by Gasteiger charge is -2.24. The molecule has 2 aromatic rings. The number of pyridine rings is 1. The van der Waals surface area contributed by atoms with E-state index in [9.17, 15) is 13.6 Å². The summed E-state index contributed by atoms with van der Waals surface area (Å²) >= 11 is 0. The Hall–Kier alpha value is -4.01. The Bertz CT molecular complexity index is 1240. The number of nitrogens with one attached hydrogen (secondary N) is 1. The summed E-state index contributed by atoms with van der Waals surface area (Å²) in [6.45, 7) is 0. The van der Waals surface area contributed by atoms with Gasteiger partial charge >= 0.3 is 0 Å². The Kier molecular flexibility index (Phi) is 7.24. The van der Waals surface area contributed by atoms with Gasteiger partial charge in [-0.25, -0.2) is 13.8 Å². The summed E-state index contributed by atoms with van der Waals surface area (Å²) in [5.41, 5.74) is 13.7. The van der Waals surface area contributed by atoms with Crippen LogP contribution in [-0.4, -0.2) is 29.9 Å². The van der Waals surface area contributed by atoms with Crippen molar-refractivity contribution in [1.82, 2.24) is 10.3 Å². The lowest BCUT2D eigenvalue weighted by atomic mass is 9.94. The average molecular weight is 480 g/mol. The molecule has 1 fully saturated rings. The van der Waals surface area contributed by atoms with Crippen LogP contribution in [0.25, 0.3) is 5.57 Å². The predicted molar refractivity (Wildman–Crippen MR) is 129 cm³/mol. The van der Waals surface area contributed by atoms with Crippen LogP contribution in [0.15, 0.2) is 77.0 Å². The van der Waals surface area contributed by atoms with E-state index in [-0.39, 0.29) is 29.3 Å². The zero-order valence-electron chi connectivity index (χ0n) is 19.3. The van der Waals surface area contributed by atoms with Crippen LogP contribution in [0, 0.1) is 17.6 Å². The summed E-state index contributed by atoms with van der Waals surface area (Å²) in [6.07, 6.45) is 9.18. The molecule has 1 amide bonds. The van der Waals surface area contributed by atoms with E-state index in [4.69, 9.17) is 16.2 Å². The third kappa shape index (κ3) is 5.40. The molecular weight excluding hydrogens is 452 g/mol. The molecule has 182 valence electrons. The summed E-state index contributed by atoms with van der Waals surface area (Å²) in [5, 5.41) is 3.36. The van der Waals surface area contributed by atoms with Crippen molar-refractivity contribution in [3.05, 3.63) is 94.8 Å². The first-order chi connectivity index (χ1) is 16.9. The van der Waals surface area contributed by atoms with E-state index >= 15 is 0 Å². The highest BCUT2D eigenvalue weighted by Gasteiger charge is 2.32. The first kappa shape index (κ1) is 24.1. The Labute approximate surface area is 202 Å². The number of hydrogen-bond acceptors (Lipinski definition) is 5. The topological polar surface area (TPSA) is 116 Å². The van der Waals surface area contributed by atoms with Crippen molar-refractivity contribution in [1.29, 1.82) is 0 Å². The smallest absolute Gasteiger partial charge is 0.222 e. The number of amides is 1. The number of benzene rings is 1. The van der Waals surface area contributed by atoms with E-state index in [1.165, 1.54) is 19.2 Å². The molecule has 9 heteroatoms. The number of methoxy groups -OCH3 is 1. The predicted octanol–water partition coefficient (Wildman–Crippen LogP) is 3.54. The van der Waals surface area contributed by atoms with Crippen molar-refractivity contribution in [3.8, 4) is 0 Å². The van der Waals surface area contributed by atoms with Crippen LogP contribution in [0.2, 0.25) is 0 Å². The van der Waals surface area contributed by atoms with Crippen LogP contribution in [-0.2, 0) is 9.53 Å². The number of nitrogens with zero attached hydrogens (tertiary/aromatic N) is 2. The number of carbonyl (C=O) groups is 1. The lowest BCUT2D eigenvalue weighted by molar-refractivity contribution is -0.122. The monoisotopic (exact) mass is 479 g/mol. The van der Waals surface area contributed by atoms with Gasteiger partial charge in [0.25, 0.3) is 0 Å². The number of halogens is 2. The maximum atomic E-state index is 14.6. The minimum atomic E-state index is -0.954. The van der Waals surface area contributed by atoms with E-state index in [0.29, 0.717) is 41.1 Å². The van der Waals surface area contributed by atoms with Crippen molar-refractivity contribution in [2.45, 2.75) is 31.7 Å². The van der Waals surface area contributed by atoms with Crippen molar-refractivity contribution in [2.75, 3.05) is 7.11 Å². The first-order valence-corrected chi connectivity index (χ1v) is 11.3. The fourth-order valence-corrected chi connectivity index (χ4v) is 4.40. The number of nitrogens with two attached hydrogens (primary N) is 2. The first-order valence-electron chi connectivity index (χ1n) is 11.3. The van der Waals surface area contributed by atoms with Crippen LogP contribution in [0.1, 0.15) is 36.8 Å². The second-order valence-electron chi connectivity index (χ2n) is 8.50. The quantitative estimate of drug-likeness (QED) is 0.415. The fourth-order valence-electron chi connectivity index (χ4n) is 4.40. The van der Waals surface area contributed by atoms with Crippen LogP contribution < -0.4 is 16.8 Å². The molecule has 7 nitrogen and oxygen atoms in total. The van der Waals surface area contributed by atoms with E-state index in [1.807, 2.05) is 0 Å². The van der Waals surface area contributed by atoms with Gasteiger partial charge in [0.15, 0.2) is 11.6 Å². The molecule has 1 aromatic carbocycles. The van der Waals surface area contributed by atoms with Crippen molar-refractivity contribution in [2.24, 2.45) is 22.4 Å². The molecule has 5 N–H and O–H groups in total. The highest BCUT2D eigenvalue weighted by atomic mass is 19.2. The zero-order chi connectivity index (χ0) is 24.9. The number of aliphatic imine (C=N–C) groups is 1. The van der Waals surface area contributed by atoms with Crippen LogP contribution in [0.3, 0.4) is 0 Å². The molecule has 2 atom stereocenters. The largest absolute Gasteiger partial charge is 0.501 e. The molecule has 35 heavy (non-hydrogen) atoms. The minimum absolute atomic E-state index is 0.0937. The summed E-state index contributed by atoms with van der Waals surface area (Å²) in [7, 11) is 1.51. The molecular formula is C26H27F2N5O2. The van der Waals surface area contributed by atoms with Gasteiger partial charge in [-0.1, -0.05) is 18.6 Å². The number of rotatable bonds is 7. The molecule has 1 saturated carbocycles. The normalized spacial score (nSPS) is 21.7. The molecule has 1 heterocycles. The van der Waals surface area contributed by atoms with Gasteiger partial charge in [0, 0.05) is 41.6 Å². The molecule has 2 unspecified atom stereocenters. The van der Waals surface area contributed by atoms with E-state index in [0.717, 1.165) is 18.9 Å². The van der Waals surface area contributed by atoms with Gasteiger partial charge in [-0.2, -0.15) is 0 Å². The third-order valence-corrected chi connectivity index (χ3v) is 6.23. The number of allylic oxidation sites excluding steroid dienone is 4. The number of ether oxygens (including phenoxy) is 1. The van der Waals surface area contributed by atoms with Crippen molar-refractivity contribution >= 4 is 17.3 Å². The van der Waals surface area contributed by atoms with Crippen molar-refractivity contribution < 1.29 is 18.3 Å². The summed E-state index contributed by atoms with van der Waals surface area (Å²) in [4.78, 5) is 20.7. The summed E-state index contributed by atoms with van der Waals surface area (Å²) < 4.78 is 34.1. The highest BCUT2D eigenvalue weighted by Crippen LogP contribution is 2.33. The van der Waals surface area contributed by atoms with E-state index < -0.39 is 11.6 Å². The second kappa shape index (κ2) is 10.5. The number of hydrogen-bond donors (Lipinski definition) is 3. The Morgan fingerprint density at radius 3 is 2.71 bits per heavy atom. The Morgan fingerprint density at radius 2 is 2.00 bits per heavy atom. The van der Waals surface area contributed by atoms with E-state index in [2.05, 4.69) is 15.3 Å². The molecule has 1 aromatic heterocycles. The maximum absolute atomic E-state index is 14.6. The highest BCUT2D eigenvalue weighted by molar-refractivity contribution is 5.97. The molecule has 2 aliphatic rings. The van der Waals surface area contributed by atoms with Crippen LogP contribution in [0.4, 0.5) is 8.78 Å². The van der Waals surface area contributed by atoms with Gasteiger partial charge in [-0.05, 0) is 48.8 Å². The Balaban J connectivity index is 1.83. The maximum Gasteiger partial charge on any atom is 0.222 e. The third-order valence-electron chi connectivity index (χ3n) is 6.23. The number of carbonyl (C=O) groups excluding carboxylic acids is 1. The Morgan fingerprint density at radius 1 is 1.17 bits per heavy atom. The van der Waals surface area contributed by atoms with Gasteiger partial charge in [-0.3, -0.25) is 9.78 Å². The van der Waals surface area contributed by atoms with Gasteiger partial charge in [0.05, 0.1) is 13.0 Å². The standard InChI is InChI=1S/C26H27F2N5O2/c1-35-18-12-16(19-6-2-8-21(27)23(19)28)11-17(13-18)26(32-22-9-3-7-20(22)25(30)34)33-24(29)15-5-4-10-31-14-15/h2,4-6,8,10-12,14,20,22,32H,3,7,9,13H2,1H3,(H2,29,33)(H2,30,34)/b26-17-. The van der Waals surface area contributed by atoms with Gasteiger partial charge in [0.1, 0.15) is 17.4 Å². The molecule has 0 saturated heterocycles. The second-order valence-corrected chi connectivity index (χ2v) is 8.50. The lowest BCUT2D eigenvalue weighted by Crippen LogP contribution is -2.39. The molecule has 0 radical (unpaired) electrons. The zero-order valence-corrected chi connectivity index (χ0v) is 19.3. The molecule has 0 bridgehead atoms. The number of amidine groups is 1. The van der Waals surface area contributed by atoms with Gasteiger partial charge in [-0.15, -0.1) is 0 Å². The molecule has 2 aliphatic carbocycles. The molecule has 0 aliphatic heterocycles. The van der Waals surface area contributed by atoms with Gasteiger partial charge in [0.2, 0.25) is 5.91 Å². The van der Waals surface area contributed by atoms with Crippen molar-refractivity contribution in [3.63, 3.8) is 0 Å². The number of primary amides is 1.